The van der Waals surface area contributed by atoms with Gasteiger partial charge < -0.3 is 5.32 Å². The van der Waals surface area contributed by atoms with E-state index in [0.29, 0.717) is 0 Å². The standard InChI is InChI=1S/C19H31N/c1-14-6-5-8-18-15(2)12-17(18)13-20-19-9-4-3-7-16(19)11-10-14/h8,14-15,17,20H,3-7,9-13H2,1-2H3/b18-8-. The first-order chi connectivity index (χ1) is 9.74. The van der Waals surface area contributed by atoms with E-state index >= 15 is 0 Å². The van der Waals surface area contributed by atoms with E-state index in [1.807, 2.05) is 0 Å². The third-order valence-electron chi connectivity index (χ3n) is 5.80. The van der Waals surface area contributed by atoms with E-state index in [9.17, 15) is 0 Å². The summed E-state index contributed by atoms with van der Waals surface area (Å²) in [6, 6.07) is 0. The topological polar surface area (TPSA) is 12.0 Å². The van der Waals surface area contributed by atoms with Gasteiger partial charge in [0.25, 0.3) is 0 Å². The van der Waals surface area contributed by atoms with Gasteiger partial charge >= 0.3 is 0 Å². The summed E-state index contributed by atoms with van der Waals surface area (Å²) >= 11 is 0. The fraction of sp³-hybridized carbons (Fsp3) is 0.789. The van der Waals surface area contributed by atoms with Crippen LogP contribution >= 0.6 is 0 Å². The quantitative estimate of drug-likeness (QED) is 0.598. The second-order valence-electron chi connectivity index (χ2n) is 7.43. The molecule has 1 nitrogen and oxygen atoms in total. The van der Waals surface area contributed by atoms with Gasteiger partial charge in [0.15, 0.2) is 0 Å². The minimum absolute atomic E-state index is 0.829. The zero-order valence-electron chi connectivity index (χ0n) is 13.4. The molecule has 3 aliphatic rings. The summed E-state index contributed by atoms with van der Waals surface area (Å²) < 4.78 is 0. The molecule has 1 heteroatoms. The van der Waals surface area contributed by atoms with Crippen molar-refractivity contribution < 1.29 is 0 Å². The van der Waals surface area contributed by atoms with E-state index in [1.165, 1.54) is 64.3 Å². The van der Waals surface area contributed by atoms with Crippen molar-refractivity contribution in [2.45, 2.75) is 71.6 Å². The fourth-order valence-corrected chi connectivity index (χ4v) is 4.31. The Labute approximate surface area is 124 Å². The average Bonchev–Trinajstić information content (AvgIpc) is 2.45. The Bertz CT molecular complexity index is 404. The van der Waals surface area contributed by atoms with Crippen LogP contribution in [0.2, 0.25) is 0 Å². The van der Waals surface area contributed by atoms with Gasteiger partial charge in [0.1, 0.15) is 0 Å². The molecule has 1 aliphatic heterocycles. The van der Waals surface area contributed by atoms with Crippen LogP contribution in [0.5, 0.6) is 0 Å². The molecule has 1 fully saturated rings. The number of fused-ring (bicyclic) bond motifs is 1. The first-order valence-corrected chi connectivity index (χ1v) is 8.88. The summed E-state index contributed by atoms with van der Waals surface area (Å²) in [5, 5.41) is 3.85. The molecule has 0 bridgehead atoms. The predicted molar refractivity (Wildman–Crippen MR) is 86.5 cm³/mol. The zero-order valence-corrected chi connectivity index (χ0v) is 13.4. The van der Waals surface area contributed by atoms with Crippen molar-refractivity contribution >= 4 is 0 Å². The summed E-state index contributed by atoms with van der Waals surface area (Å²) in [6.45, 7) is 6.05. The van der Waals surface area contributed by atoms with Crippen LogP contribution < -0.4 is 5.32 Å². The SMILES string of the molecule is CC1CC/C=C2/C(C)CC2CNC2=C(CCCC2)CC1. The molecule has 0 spiro atoms. The Hall–Kier alpha value is -0.720. The van der Waals surface area contributed by atoms with Gasteiger partial charge in [-0.3, -0.25) is 0 Å². The predicted octanol–water partition coefficient (Wildman–Crippen LogP) is 5.20. The molecule has 3 rings (SSSR count). The molecule has 0 saturated heterocycles. The summed E-state index contributed by atoms with van der Waals surface area (Å²) in [5.74, 6) is 2.56. The van der Waals surface area contributed by atoms with E-state index in [1.54, 1.807) is 16.8 Å². The number of nitrogens with one attached hydrogen (secondary N) is 1. The molecule has 112 valence electrons. The Morgan fingerprint density at radius 2 is 1.90 bits per heavy atom. The lowest BCUT2D eigenvalue weighted by Gasteiger charge is -2.38. The van der Waals surface area contributed by atoms with Crippen molar-refractivity contribution in [1.82, 2.24) is 5.32 Å². The van der Waals surface area contributed by atoms with Crippen LogP contribution in [0.4, 0.5) is 0 Å². The average molecular weight is 273 g/mol. The lowest BCUT2D eigenvalue weighted by atomic mass is 9.70. The van der Waals surface area contributed by atoms with Crippen molar-refractivity contribution in [2.24, 2.45) is 17.8 Å². The minimum atomic E-state index is 0.829. The summed E-state index contributed by atoms with van der Waals surface area (Å²) in [4.78, 5) is 0. The monoisotopic (exact) mass is 273 g/mol. The van der Waals surface area contributed by atoms with Crippen LogP contribution in [0.25, 0.3) is 0 Å². The molecule has 20 heavy (non-hydrogen) atoms. The second-order valence-corrected chi connectivity index (χ2v) is 7.43. The molecule has 1 N–H and O–H groups in total. The molecule has 1 heterocycles. The van der Waals surface area contributed by atoms with Gasteiger partial charge in [0.2, 0.25) is 0 Å². The Kier molecular flexibility index (Phi) is 4.53. The third-order valence-corrected chi connectivity index (χ3v) is 5.80. The van der Waals surface area contributed by atoms with Crippen LogP contribution in [0, 0.1) is 17.8 Å². The van der Waals surface area contributed by atoms with E-state index < -0.39 is 0 Å². The maximum atomic E-state index is 3.85. The van der Waals surface area contributed by atoms with Gasteiger partial charge in [-0.15, -0.1) is 0 Å². The fourth-order valence-electron chi connectivity index (χ4n) is 4.31. The van der Waals surface area contributed by atoms with Gasteiger partial charge in [0, 0.05) is 12.2 Å². The molecule has 0 aromatic carbocycles. The van der Waals surface area contributed by atoms with E-state index in [4.69, 9.17) is 0 Å². The molecule has 0 amide bonds. The highest BCUT2D eigenvalue weighted by Gasteiger charge is 2.31. The molecular formula is C19H31N. The van der Waals surface area contributed by atoms with Crippen molar-refractivity contribution in [3.8, 4) is 0 Å². The second kappa shape index (κ2) is 6.37. The molecule has 3 atom stereocenters. The van der Waals surface area contributed by atoms with Crippen LogP contribution in [-0.4, -0.2) is 6.54 Å². The highest BCUT2D eigenvalue weighted by Crippen LogP contribution is 2.40. The van der Waals surface area contributed by atoms with Gasteiger partial charge in [-0.25, -0.2) is 0 Å². The molecule has 0 radical (unpaired) electrons. The number of hydrogen-bond acceptors (Lipinski definition) is 1. The van der Waals surface area contributed by atoms with E-state index in [0.717, 1.165) is 17.8 Å². The van der Waals surface area contributed by atoms with Gasteiger partial charge in [-0.1, -0.05) is 31.1 Å². The molecule has 2 aliphatic carbocycles. The van der Waals surface area contributed by atoms with Crippen LogP contribution in [0.15, 0.2) is 22.9 Å². The Balaban J connectivity index is 1.73. The van der Waals surface area contributed by atoms with Crippen LogP contribution in [0.3, 0.4) is 0 Å². The first-order valence-electron chi connectivity index (χ1n) is 8.88. The summed E-state index contributed by atoms with van der Waals surface area (Å²) in [5.41, 5.74) is 5.15. The molecule has 0 aromatic heterocycles. The molecular weight excluding hydrogens is 242 g/mol. The highest BCUT2D eigenvalue weighted by atomic mass is 14.9. The smallest absolute Gasteiger partial charge is 0.0209 e. The minimum Gasteiger partial charge on any atom is -0.388 e. The Morgan fingerprint density at radius 1 is 1.05 bits per heavy atom. The Morgan fingerprint density at radius 3 is 2.75 bits per heavy atom. The van der Waals surface area contributed by atoms with Crippen LogP contribution in [-0.2, 0) is 0 Å². The third kappa shape index (κ3) is 3.13. The zero-order chi connectivity index (χ0) is 13.9. The molecule has 0 aromatic rings. The summed E-state index contributed by atoms with van der Waals surface area (Å²) in [7, 11) is 0. The molecule has 1 saturated carbocycles. The van der Waals surface area contributed by atoms with Gasteiger partial charge in [-0.2, -0.15) is 0 Å². The largest absolute Gasteiger partial charge is 0.388 e. The van der Waals surface area contributed by atoms with E-state index in [2.05, 4.69) is 25.2 Å². The van der Waals surface area contributed by atoms with Gasteiger partial charge in [0.05, 0.1) is 0 Å². The highest BCUT2D eigenvalue weighted by molar-refractivity contribution is 5.22. The molecule has 3 unspecified atom stereocenters. The van der Waals surface area contributed by atoms with E-state index in [-0.39, 0.29) is 0 Å². The maximum Gasteiger partial charge on any atom is 0.0209 e. The van der Waals surface area contributed by atoms with Crippen molar-refractivity contribution in [3.05, 3.63) is 22.9 Å². The number of hydrogen-bond donors (Lipinski definition) is 1. The summed E-state index contributed by atoms with van der Waals surface area (Å²) in [6.07, 6.45) is 14.9. The normalized spacial score (nSPS) is 38.1. The maximum absolute atomic E-state index is 3.85. The van der Waals surface area contributed by atoms with Crippen molar-refractivity contribution in [2.75, 3.05) is 6.54 Å². The first kappa shape index (κ1) is 14.2. The van der Waals surface area contributed by atoms with Gasteiger partial charge in [-0.05, 0) is 75.5 Å². The van der Waals surface area contributed by atoms with Crippen LogP contribution in [0.1, 0.15) is 71.6 Å². The van der Waals surface area contributed by atoms with Crippen molar-refractivity contribution in [3.63, 3.8) is 0 Å². The number of allylic oxidation sites excluding steroid dienone is 3. The lowest BCUT2D eigenvalue weighted by molar-refractivity contribution is 0.323. The lowest BCUT2D eigenvalue weighted by Crippen LogP contribution is -2.35. The number of rotatable bonds is 0. The van der Waals surface area contributed by atoms with Crippen molar-refractivity contribution in [1.29, 1.82) is 0 Å².